The van der Waals surface area contributed by atoms with Crippen molar-refractivity contribution in [2.24, 2.45) is 0 Å². The van der Waals surface area contributed by atoms with Gasteiger partial charge in [0.25, 0.3) is 0 Å². The molecule has 2 heteroatoms. The van der Waals surface area contributed by atoms with Crippen LogP contribution in [0.2, 0.25) is 0 Å². The van der Waals surface area contributed by atoms with Crippen molar-refractivity contribution in [1.82, 2.24) is 4.90 Å². The summed E-state index contributed by atoms with van der Waals surface area (Å²) in [7, 11) is 0. The van der Waals surface area contributed by atoms with E-state index >= 15 is 0 Å². The van der Waals surface area contributed by atoms with E-state index in [-0.39, 0.29) is 18.0 Å². The van der Waals surface area contributed by atoms with Gasteiger partial charge in [-0.25, -0.2) is 0 Å². The minimum Gasteiger partial charge on any atom is -0.324 e. The van der Waals surface area contributed by atoms with Crippen molar-refractivity contribution >= 4 is 5.91 Å². The van der Waals surface area contributed by atoms with Gasteiger partial charge in [0.15, 0.2) is 0 Å². The molecule has 1 amide bonds. The summed E-state index contributed by atoms with van der Waals surface area (Å²) in [6.07, 6.45) is 0.934. The zero-order valence-electron chi connectivity index (χ0n) is 10.8. The Balaban J connectivity index is 2.00. The lowest BCUT2D eigenvalue weighted by molar-refractivity contribution is -0.132. The number of hydrogen-bond donors (Lipinski definition) is 0. The summed E-state index contributed by atoms with van der Waals surface area (Å²) in [5, 5.41) is 0. The van der Waals surface area contributed by atoms with Crippen molar-refractivity contribution in [3.63, 3.8) is 0 Å². The maximum absolute atomic E-state index is 12.1. The van der Waals surface area contributed by atoms with Crippen LogP contribution in [-0.4, -0.2) is 10.8 Å². The number of rotatable bonds is 0. The number of benzene rings is 2. The van der Waals surface area contributed by atoms with E-state index < -0.39 is 0 Å². The third-order valence-electron chi connectivity index (χ3n) is 4.39. The molecule has 94 valence electrons. The second kappa shape index (κ2) is 3.70. The van der Waals surface area contributed by atoms with Crippen molar-refractivity contribution in [1.29, 1.82) is 0 Å². The number of carbonyl (C=O) groups excluding carboxylic acids is 1. The van der Waals surface area contributed by atoms with Crippen LogP contribution in [0.5, 0.6) is 0 Å². The summed E-state index contributed by atoms with van der Waals surface area (Å²) in [5.41, 5.74) is 5.29. The number of amides is 1. The van der Waals surface area contributed by atoms with Crippen LogP contribution in [0.1, 0.15) is 41.3 Å². The molecule has 2 aromatic carbocycles. The lowest BCUT2D eigenvalue weighted by Gasteiger charge is -2.36. The summed E-state index contributed by atoms with van der Waals surface area (Å²) in [5.74, 6) is 0.167. The van der Waals surface area contributed by atoms with Crippen molar-refractivity contribution in [2.45, 2.75) is 25.4 Å². The number of fused-ring (bicyclic) bond motifs is 7. The van der Waals surface area contributed by atoms with Gasteiger partial charge in [0, 0.05) is 6.92 Å². The lowest BCUT2D eigenvalue weighted by Crippen LogP contribution is -2.36. The van der Waals surface area contributed by atoms with Crippen LogP contribution in [0, 0.1) is 0 Å². The van der Waals surface area contributed by atoms with Gasteiger partial charge in [0.2, 0.25) is 5.91 Å². The Bertz CT molecular complexity index is 665. The largest absolute Gasteiger partial charge is 0.324 e. The topological polar surface area (TPSA) is 20.3 Å². The standard InChI is InChI=1S/C17H15NO/c1-11(19)18-16-10-12-6-2-3-7-13(12)17(18)15-9-5-4-8-14(15)16/h2-9,16-17H,10H2,1H3. The normalized spacial score (nSPS) is 22.9. The molecule has 2 aliphatic heterocycles. The highest BCUT2D eigenvalue weighted by atomic mass is 16.2. The first kappa shape index (κ1) is 10.8. The van der Waals surface area contributed by atoms with Gasteiger partial charge in [-0.3, -0.25) is 4.79 Å². The van der Waals surface area contributed by atoms with Gasteiger partial charge in [-0.2, -0.15) is 0 Å². The zero-order chi connectivity index (χ0) is 13.0. The van der Waals surface area contributed by atoms with Gasteiger partial charge in [0.05, 0.1) is 12.1 Å². The van der Waals surface area contributed by atoms with Crippen molar-refractivity contribution < 1.29 is 4.79 Å². The average molecular weight is 249 g/mol. The van der Waals surface area contributed by atoms with Crippen LogP contribution in [0.15, 0.2) is 48.5 Å². The monoisotopic (exact) mass is 249 g/mol. The molecule has 19 heavy (non-hydrogen) atoms. The number of carbonyl (C=O) groups is 1. The first-order valence-corrected chi connectivity index (χ1v) is 6.73. The highest BCUT2D eigenvalue weighted by Gasteiger charge is 2.44. The fourth-order valence-corrected chi connectivity index (χ4v) is 3.67. The summed E-state index contributed by atoms with van der Waals surface area (Å²) in [6.45, 7) is 1.68. The fourth-order valence-electron chi connectivity index (χ4n) is 3.67. The van der Waals surface area contributed by atoms with Crippen LogP contribution in [0.3, 0.4) is 0 Å². The Kier molecular flexibility index (Phi) is 2.10. The van der Waals surface area contributed by atoms with Crippen LogP contribution in [0.4, 0.5) is 0 Å². The predicted octanol–water partition coefficient (Wildman–Crippen LogP) is 3.24. The third kappa shape index (κ3) is 1.34. The Morgan fingerprint density at radius 2 is 1.63 bits per heavy atom. The number of hydrogen-bond acceptors (Lipinski definition) is 1. The maximum Gasteiger partial charge on any atom is 0.220 e. The molecule has 0 radical (unpaired) electrons. The van der Waals surface area contributed by atoms with Crippen LogP contribution in [-0.2, 0) is 11.2 Å². The van der Waals surface area contributed by atoms with E-state index in [1.807, 2.05) is 4.90 Å². The Morgan fingerprint density at radius 3 is 2.37 bits per heavy atom. The predicted molar refractivity (Wildman–Crippen MR) is 73.7 cm³/mol. The van der Waals surface area contributed by atoms with E-state index in [4.69, 9.17) is 0 Å². The van der Waals surface area contributed by atoms with Crippen molar-refractivity contribution in [3.8, 4) is 0 Å². The average Bonchev–Trinajstić information content (AvgIpc) is 2.68. The van der Waals surface area contributed by atoms with Crippen LogP contribution >= 0.6 is 0 Å². The Labute approximate surface area is 112 Å². The highest BCUT2D eigenvalue weighted by Crippen LogP contribution is 2.51. The molecule has 2 aliphatic rings. The summed E-state index contributed by atoms with van der Waals surface area (Å²) >= 11 is 0. The second-order valence-corrected chi connectivity index (χ2v) is 5.38. The molecule has 0 aliphatic carbocycles. The minimum atomic E-state index is 0.114. The first-order chi connectivity index (χ1) is 9.27. The Morgan fingerprint density at radius 1 is 1.00 bits per heavy atom. The minimum absolute atomic E-state index is 0.114. The number of nitrogens with zero attached hydrogens (tertiary/aromatic N) is 1. The van der Waals surface area contributed by atoms with E-state index in [0.717, 1.165) is 6.42 Å². The van der Waals surface area contributed by atoms with Crippen molar-refractivity contribution in [2.75, 3.05) is 0 Å². The smallest absolute Gasteiger partial charge is 0.220 e. The van der Waals surface area contributed by atoms with Crippen molar-refractivity contribution in [3.05, 3.63) is 70.8 Å². The maximum atomic E-state index is 12.1. The quantitative estimate of drug-likeness (QED) is 0.702. The van der Waals surface area contributed by atoms with E-state index in [2.05, 4.69) is 48.5 Å². The van der Waals surface area contributed by atoms with Gasteiger partial charge < -0.3 is 4.90 Å². The Hall–Kier alpha value is -2.09. The summed E-state index contributed by atoms with van der Waals surface area (Å²) in [4.78, 5) is 14.1. The zero-order valence-corrected chi connectivity index (χ0v) is 10.8. The second-order valence-electron chi connectivity index (χ2n) is 5.38. The molecular weight excluding hydrogens is 234 g/mol. The van der Waals surface area contributed by atoms with E-state index in [0.29, 0.717) is 0 Å². The van der Waals surface area contributed by atoms with Gasteiger partial charge in [-0.15, -0.1) is 0 Å². The van der Waals surface area contributed by atoms with Gasteiger partial charge in [-0.1, -0.05) is 48.5 Å². The molecule has 2 aromatic rings. The van der Waals surface area contributed by atoms with Gasteiger partial charge in [-0.05, 0) is 28.7 Å². The molecule has 0 fully saturated rings. The third-order valence-corrected chi connectivity index (χ3v) is 4.39. The molecule has 2 atom stereocenters. The SMILES string of the molecule is CC(=O)N1C2Cc3ccccc3C1c1ccccc12. The molecule has 0 aromatic heterocycles. The van der Waals surface area contributed by atoms with E-state index in [1.165, 1.54) is 22.3 Å². The fraction of sp³-hybridized carbons (Fsp3) is 0.235. The molecule has 2 nitrogen and oxygen atoms in total. The molecule has 0 saturated carbocycles. The molecule has 0 saturated heterocycles. The molecule has 2 heterocycles. The molecule has 2 bridgehead atoms. The summed E-state index contributed by atoms with van der Waals surface area (Å²) in [6, 6.07) is 17.3. The molecule has 0 spiro atoms. The molecular formula is C17H15NO. The molecule has 2 unspecified atom stereocenters. The summed E-state index contributed by atoms with van der Waals surface area (Å²) < 4.78 is 0. The lowest BCUT2D eigenvalue weighted by atomic mass is 9.91. The van der Waals surface area contributed by atoms with Crippen LogP contribution < -0.4 is 0 Å². The van der Waals surface area contributed by atoms with Gasteiger partial charge in [0.1, 0.15) is 0 Å². The van der Waals surface area contributed by atoms with Crippen LogP contribution in [0.25, 0.3) is 0 Å². The van der Waals surface area contributed by atoms with Gasteiger partial charge >= 0.3 is 0 Å². The van der Waals surface area contributed by atoms with E-state index in [1.54, 1.807) is 6.92 Å². The molecule has 4 rings (SSSR count). The first-order valence-electron chi connectivity index (χ1n) is 6.73. The molecule has 0 N–H and O–H groups in total. The highest BCUT2D eigenvalue weighted by molar-refractivity contribution is 5.77. The van der Waals surface area contributed by atoms with E-state index in [9.17, 15) is 4.79 Å².